The van der Waals surface area contributed by atoms with Crippen molar-refractivity contribution in [2.24, 2.45) is 0 Å². The van der Waals surface area contributed by atoms with Gasteiger partial charge in [-0.15, -0.1) is 0 Å². The van der Waals surface area contributed by atoms with Gasteiger partial charge in [-0.3, -0.25) is 0 Å². The van der Waals surface area contributed by atoms with Crippen LogP contribution >= 0.6 is 12.6 Å². The largest absolute Gasteiger partial charge is 0.497 e. The third-order valence-electron chi connectivity index (χ3n) is 3.58. The van der Waals surface area contributed by atoms with E-state index in [0.717, 1.165) is 5.56 Å². The highest BCUT2D eigenvalue weighted by molar-refractivity contribution is 7.92. The molecule has 0 saturated carbocycles. The van der Waals surface area contributed by atoms with Crippen LogP contribution in [0.3, 0.4) is 0 Å². The van der Waals surface area contributed by atoms with Gasteiger partial charge in [-0.1, -0.05) is 30.3 Å². The molecule has 2 aromatic rings. The SMILES string of the molecule is COc1ccc(S(=O)(=O)C(CCS)Cc2ccccc2)cc1. The van der Waals surface area contributed by atoms with Gasteiger partial charge in [0.15, 0.2) is 9.84 Å². The molecule has 0 fully saturated rings. The second-order valence-electron chi connectivity index (χ2n) is 5.04. The van der Waals surface area contributed by atoms with Crippen LogP contribution < -0.4 is 4.74 Å². The van der Waals surface area contributed by atoms with Crippen LogP contribution in [0.2, 0.25) is 0 Å². The fourth-order valence-corrected chi connectivity index (χ4v) is 4.57. The smallest absolute Gasteiger partial charge is 0.181 e. The molecule has 0 aliphatic heterocycles. The average molecular weight is 336 g/mol. The van der Waals surface area contributed by atoms with Crippen molar-refractivity contribution in [1.82, 2.24) is 0 Å². The summed E-state index contributed by atoms with van der Waals surface area (Å²) >= 11 is 4.22. The Kier molecular flexibility index (Phi) is 5.91. The average Bonchev–Trinajstić information content (AvgIpc) is 2.55. The van der Waals surface area contributed by atoms with Gasteiger partial charge in [0, 0.05) is 0 Å². The number of hydrogen-bond acceptors (Lipinski definition) is 4. The van der Waals surface area contributed by atoms with Crippen molar-refractivity contribution in [1.29, 1.82) is 0 Å². The lowest BCUT2D eigenvalue weighted by molar-refractivity contribution is 0.414. The van der Waals surface area contributed by atoms with Crippen LogP contribution in [0, 0.1) is 0 Å². The highest BCUT2D eigenvalue weighted by Gasteiger charge is 2.27. The number of ether oxygens (including phenoxy) is 1. The normalized spacial score (nSPS) is 12.8. The molecule has 0 N–H and O–H groups in total. The summed E-state index contributed by atoms with van der Waals surface area (Å²) in [5.74, 6) is 1.18. The van der Waals surface area contributed by atoms with Gasteiger partial charge < -0.3 is 4.74 Å². The third kappa shape index (κ3) is 4.05. The van der Waals surface area contributed by atoms with Crippen LogP contribution in [0.1, 0.15) is 12.0 Å². The quantitative estimate of drug-likeness (QED) is 0.788. The summed E-state index contributed by atoms with van der Waals surface area (Å²) in [5.41, 5.74) is 1.02. The Balaban J connectivity index is 2.28. The Morgan fingerprint density at radius 2 is 1.68 bits per heavy atom. The van der Waals surface area contributed by atoms with Gasteiger partial charge in [-0.25, -0.2) is 8.42 Å². The lowest BCUT2D eigenvalue weighted by Crippen LogP contribution is -2.24. The lowest BCUT2D eigenvalue weighted by Gasteiger charge is -2.17. The molecule has 1 unspecified atom stereocenters. The monoisotopic (exact) mass is 336 g/mol. The molecule has 0 radical (unpaired) electrons. The van der Waals surface area contributed by atoms with E-state index >= 15 is 0 Å². The van der Waals surface area contributed by atoms with Crippen LogP contribution in [0.5, 0.6) is 5.75 Å². The van der Waals surface area contributed by atoms with E-state index in [4.69, 9.17) is 4.74 Å². The first kappa shape index (κ1) is 16.9. The topological polar surface area (TPSA) is 43.4 Å². The van der Waals surface area contributed by atoms with Crippen molar-refractivity contribution >= 4 is 22.5 Å². The molecule has 0 aliphatic rings. The van der Waals surface area contributed by atoms with Gasteiger partial charge in [-0.05, 0) is 48.4 Å². The molecule has 3 nitrogen and oxygen atoms in total. The van der Waals surface area contributed by atoms with Crippen LogP contribution in [-0.4, -0.2) is 26.5 Å². The number of hydrogen-bond donors (Lipinski definition) is 1. The summed E-state index contributed by atoms with van der Waals surface area (Å²) in [4.78, 5) is 0.330. The first-order valence-corrected chi connectivity index (χ1v) is 9.28. The summed E-state index contributed by atoms with van der Waals surface area (Å²) in [6.45, 7) is 0. The van der Waals surface area contributed by atoms with Crippen molar-refractivity contribution < 1.29 is 13.2 Å². The third-order valence-corrected chi connectivity index (χ3v) is 6.05. The molecule has 1 atom stereocenters. The standard InChI is InChI=1S/C17H20O3S2/c1-20-15-7-9-16(10-8-15)22(18,19)17(11-12-21)13-14-5-3-2-4-6-14/h2-10,17,21H,11-13H2,1H3. The number of thiol groups is 1. The van der Waals surface area contributed by atoms with E-state index in [2.05, 4.69) is 12.6 Å². The van der Waals surface area contributed by atoms with E-state index in [9.17, 15) is 8.42 Å². The predicted octanol–water partition coefficient (Wildman–Crippen LogP) is 3.40. The number of rotatable bonds is 7. The Morgan fingerprint density at radius 3 is 2.23 bits per heavy atom. The molecular weight excluding hydrogens is 316 g/mol. The highest BCUT2D eigenvalue weighted by Crippen LogP contribution is 2.24. The fourth-order valence-electron chi connectivity index (χ4n) is 2.35. The van der Waals surface area contributed by atoms with E-state index < -0.39 is 15.1 Å². The summed E-state index contributed by atoms with van der Waals surface area (Å²) in [6.07, 6.45) is 1.02. The fraction of sp³-hybridized carbons (Fsp3) is 0.294. The Labute approximate surface area is 137 Å². The van der Waals surface area contributed by atoms with Crippen LogP contribution in [0.4, 0.5) is 0 Å². The van der Waals surface area contributed by atoms with E-state index in [0.29, 0.717) is 29.2 Å². The van der Waals surface area contributed by atoms with Gasteiger partial charge in [0.05, 0.1) is 17.3 Å². The zero-order valence-corrected chi connectivity index (χ0v) is 14.2. The van der Waals surface area contributed by atoms with Crippen molar-refractivity contribution in [2.75, 3.05) is 12.9 Å². The molecular formula is C17H20O3S2. The zero-order chi connectivity index (χ0) is 16.0. The molecule has 2 aromatic carbocycles. The minimum absolute atomic E-state index is 0.330. The number of methoxy groups -OCH3 is 1. The first-order valence-electron chi connectivity index (χ1n) is 7.10. The van der Waals surface area contributed by atoms with Crippen molar-refractivity contribution in [3.8, 4) is 5.75 Å². The number of sulfone groups is 1. The molecule has 5 heteroatoms. The van der Waals surface area contributed by atoms with Gasteiger partial charge >= 0.3 is 0 Å². The highest BCUT2D eigenvalue weighted by atomic mass is 32.2. The van der Waals surface area contributed by atoms with Crippen molar-refractivity contribution in [3.05, 3.63) is 60.2 Å². The summed E-state index contributed by atoms with van der Waals surface area (Å²) in [5, 5.41) is -0.471. The Hall–Kier alpha value is -1.46. The maximum absolute atomic E-state index is 12.9. The van der Waals surface area contributed by atoms with E-state index in [1.165, 1.54) is 0 Å². The van der Waals surface area contributed by atoms with Crippen molar-refractivity contribution in [3.63, 3.8) is 0 Å². The lowest BCUT2D eigenvalue weighted by atomic mass is 10.1. The summed E-state index contributed by atoms with van der Waals surface area (Å²) < 4.78 is 30.8. The Morgan fingerprint density at radius 1 is 1.05 bits per heavy atom. The molecule has 0 bridgehead atoms. The molecule has 0 aromatic heterocycles. The van der Waals surface area contributed by atoms with E-state index in [1.54, 1.807) is 31.4 Å². The van der Waals surface area contributed by atoms with E-state index in [1.807, 2.05) is 30.3 Å². The van der Waals surface area contributed by atoms with Crippen LogP contribution in [-0.2, 0) is 16.3 Å². The molecule has 0 aliphatic carbocycles. The second-order valence-corrected chi connectivity index (χ2v) is 7.72. The maximum Gasteiger partial charge on any atom is 0.181 e. The van der Waals surface area contributed by atoms with Gasteiger partial charge in [0.1, 0.15) is 5.75 Å². The summed E-state index contributed by atoms with van der Waals surface area (Å²) in [6, 6.07) is 16.2. The summed E-state index contributed by atoms with van der Waals surface area (Å²) in [7, 11) is -1.83. The molecule has 0 amide bonds. The Bertz CT molecular complexity index is 680. The van der Waals surface area contributed by atoms with E-state index in [-0.39, 0.29) is 0 Å². The zero-order valence-electron chi connectivity index (χ0n) is 12.5. The maximum atomic E-state index is 12.9. The van der Waals surface area contributed by atoms with Crippen molar-refractivity contribution in [2.45, 2.75) is 23.0 Å². The molecule has 118 valence electrons. The van der Waals surface area contributed by atoms with Gasteiger partial charge in [-0.2, -0.15) is 12.6 Å². The second kappa shape index (κ2) is 7.70. The van der Waals surface area contributed by atoms with Crippen LogP contribution in [0.25, 0.3) is 0 Å². The van der Waals surface area contributed by atoms with Gasteiger partial charge in [0.25, 0.3) is 0 Å². The predicted molar refractivity (Wildman–Crippen MR) is 92.6 cm³/mol. The molecule has 0 spiro atoms. The molecule has 22 heavy (non-hydrogen) atoms. The minimum Gasteiger partial charge on any atom is -0.497 e. The minimum atomic E-state index is -3.39. The first-order chi connectivity index (χ1) is 10.6. The molecule has 0 heterocycles. The van der Waals surface area contributed by atoms with Gasteiger partial charge in [0.2, 0.25) is 0 Å². The number of benzene rings is 2. The molecule has 2 rings (SSSR count). The molecule has 0 saturated heterocycles. The van der Waals surface area contributed by atoms with Crippen LogP contribution in [0.15, 0.2) is 59.5 Å².